The van der Waals surface area contributed by atoms with Crippen LogP contribution in [0, 0.1) is 23.2 Å². The Morgan fingerprint density at radius 1 is 1.37 bits per heavy atom. The highest BCUT2D eigenvalue weighted by atomic mass is 16.1. The van der Waals surface area contributed by atoms with Gasteiger partial charge >= 0.3 is 0 Å². The third kappa shape index (κ3) is 2.62. The van der Waals surface area contributed by atoms with Crippen LogP contribution >= 0.6 is 0 Å². The molecule has 0 heterocycles. The zero-order valence-electron chi connectivity index (χ0n) is 13.1. The van der Waals surface area contributed by atoms with Crippen LogP contribution in [-0.4, -0.2) is 42.6 Å². The Morgan fingerprint density at radius 3 is 2.53 bits per heavy atom. The number of carbonyl (C=O) groups is 1. The lowest BCUT2D eigenvalue weighted by Crippen LogP contribution is -2.27. The third-order valence-corrected chi connectivity index (χ3v) is 5.39. The van der Waals surface area contributed by atoms with Crippen molar-refractivity contribution in [2.75, 3.05) is 26.2 Å². The van der Waals surface area contributed by atoms with Gasteiger partial charge in [0, 0.05) is 18.7 Å². The van der Waals surface area contributed by atoms with E-state index >= 15 is 0 Å². The Kier molecular flexibility index (Phi) is 4.14. The highest BCUT2D eigenvalue weighted by Crippen LogP contribution is 2.68. The van der Waals surface area contributed by atoms with Crippen molar-refractivity contribution >= 4 is 11.5 Å². The lowest BCUT2D eigenvalue weighted by Gasteiger charge is -2.18. The highest BCUT2D eigenvalue weighted by Gasteiger charge is 2.67. The molecule has 0 radical (unpaired) electrons. The maximum Gasteiger partial charge on any atom is 0.142 e. The van der Waals surface area contributed by atoms with Gasteiger partial charge in [0.2, 0.25) is 0 Å². The van der Waals surface area contributed by atoms with E-state index in [2.05, 4.69) is 44.5 Å². The summed E-state index contributed by atoms with van der Waals surface area (Å²) in [6.07, 6.45) is 0.783. The number of fused-ring (bicyclic) bond motifs is 1. The molecule has 0 N–H and O–H groups in total. The minimum atomic E-state index is 0.122. The molecule has 19 heavy (non-hydrogen) atoms. The number of aliphatic imine (C=N–C) groups is 1. The summed E-state index contributed by atoms with van der Waals surface area (Å²) < 4.78 is 0. The molecule has 2 saturated carbocycles. The molecule has 0 aromatic heterocycles. The van der Waals surface area contributed by atoms with E-state index in [1.165, 1.54) is 0 Å². The molecule has 0 aromatic carbocycles. The summed E-state index contributed by atoms with van der Waals surface area (Å²) in [5.41, 5.74) is 1.45. The molecule has 3 nitrogen and oxygen atoms in total. The average Bonchev–Trinajstić information content (AvgIpc) is 2.74. The molecule has 0 amide bonds. The first-order chi connectivity index (χ1) is 8.93. The number of Topliss-reactive ketones (excluding diaryl/α,β-unsaturated/α-hetero) is 1. The second-order valence-electron chi connectivity index (χ2n) is 6.65. The van der Waals surface area contributed by atoms with Crippen LogP contribution in [0.25, 0.3) is 0 Å². The first kappa shape index (κ1) is 14.7. The Labute approximate surface area is 117 Å². The van der Waals surface area contributed by atoms with Crippen molar-refractivity contribution in [1.29, 1.82) is 0 Å². The van der Waals surface area contributed by atoms with Gasteiger partial charge in [-0.05, 0) is 37.3 Å². The fraction of sp³-hybridized carbons (Fsp3) is 0.875. The third-order valence-electron chi connectivity index (χ3n) is 5.39. The first-order valence-electron chi connectivity index (χ1n) is 7.69. The molecule has 2 aliphatic carbocycles. The van der Waals surface area contributed by atoms with Gasteiger partial charge in [-0.1, -0.05) is 27.7 Å². The molecule has 1 unspecified atom stereocenters. The minimum absolute atomic E-state index is 0.122. The summed E-state index contributed by atoms with van der Waals surface area (Å²) in [6, 6.07) is 0. The van der Waals surface area contributed by atoms with E-state index < -0.39 is 0 Å². The minimum Gasteiger partial charge on any atom is -0.302 e. The van der Waals surface area contributed by atoms with Gasteiger partial charge < -0.3 is 4.90 Å². The molecular weight excluding hydrogens is 236 g/mol. The van der Waals surface area contributed by atoms with Crippen LogP contribution in [0.3, 0.4) is 0 Å². The van der Waals surface area contributed by atoms with Crippen molar-refractivity contribution in [3.8, 4) is 0 Å². The van der Waals surface area contributed by atoms with Crippen molar-refractivity contribution in [3.63, 3.8) is 0 Å². The van der Waals surface area contributed by atoms with Crippen LogP contribution in [-0.2, 0) is 4.79 Å². The van der Waals surface area contributed by atoms with Crippen LogP contribution in [0.15, 0.2) is 4.99 Å². The first-order valence-corrected chi connectivity index (χ1v) is 7.69. The normalized spacial score (nSPS) is 32.8. The van der Waals surface area contributed by atoms with E-state index in [1.54, 1.807) is 0 Å². The monoisotopic (exact) mass is 264 g/mol. The molecule has 108 valence electrons. The Hall–Kier alpha value is -0.700. The van der Waals surface area contributed by atoms with Crippen molar-refractivity contribution in [3.05, 3.63) is 0 Å². The predicted octanol–water partition coefficient (Wildman–Crippen LogP) is 2.65. The molecule has 0 bridgehead atoms. The van der Waals surface area contributed by atoms with Crippen LogP contribution in [0.1, 0.15) is 41.0 Å². The number of hydrogen-bond donors (Lipinski definition) is 0. The molecule has 0 saturated heterocycles. The molecule has 0 aliphatic heterocycles. The van der Waals surface area contributed by atoms with Gasteiger partial charge in [-0.2, -0.15) is 0 Å². The molecule has 2 rings (SSSR count). The zero-order chi connectivity index (χ0) is 14.2. The number of hydrogen-bond acceptors (Lipinski definition) is 3. The van der Waals surface area contributed by atoms with Crippen molar-refractivity contribution in [2.45, 2.75) is 41.0 Å². The van der Waals surface area contributed by atoms with E-state index in [1.807, 2.05) is 0 Å². The molecule has 0 aromatic rings. The summed E-state index contributed by atoms with van der Waals surface area (Å²) in [4.78, 5) is 19.1. The van der Waals surface area contributed by atoms with Gasteiger partial charge in [0.05, 0.1) is 12.5 Å². The smallest absolute Gasteiger partial charge is 0.142 e. The standard InChI is InChI=1S/C16H28N2O/c1-6-18(7-2)9-8-17-11(3)14-13(19)10-12-15(14)16(12,4)5/h12,14-15H,6-10H2,1-5H3/t12-,14?,15-/m1/s1. The maximum absolute atomic E-state index is 12.1. The van der Waals surface area contributed by atoms with Crippen LogP contribution in [0.2, 0.25) is 0 Å². The van der Waals surface area contributed by atoms with Crippen LogP contribution in [0.5, 0.6) is 0 Å². The zero-order valence-corrected chi connectivity index (χ0v) is 13.1. The molecule has 2 aliphatic rings. The average molecular weight is 264 g/mol. The second-order valence-corrected chi connectivity index (χ2v) is 6.65. The SMILES string of the molecule is CCN(CC)CCN=C(C)C1C(=O)C[C@@H]2[C@H]1C2(C)C. The van der Waals surface area contributed by atoms with Gasteiger partial charge in [-0.3, -0.25) is 9.79 Å². The maximum atomic E-state index is 12.1. The van der Waals surface area contributed by atoms with E-state index in [0.29, 0.717) is 23.0 Å². The molecule has 2 fully saturated rings. The molecule has 3 heteroatoms. The van der Waals surface area contributed by atoms with Crippen LogP contribution in [0.4, 0.5) is 0 Å². The summed E-state index contributed by atoms with van der Waals surface area (Å²) in [5, 5.41) is 0. The van der Waals surface area contributed by atoms with Gasteiger partial charge in [-0.15, -0.1) is 0 Å². The summed E-state index contributed by atoms with van der Waals surface area (Å²) in [7, 11) is 0. The number of ketones is 1. The fourth-order valence-electron chi connectivity index (χ4n) is 3.88. The summed E-state index contributed by atoms with van der Waals surface area (Å²) in [6.45, 7) is 15.0. The van der Waals surface area contributed by atoms with E-state index in [4.69, 9.17) is 0 Å². The molecule has 3 atom stereocenters. The fourth-order valence-corrected chi connectivity index (χ4v) is 3.88. The van der Waals surface area contributed by atoms with Gasteiger partial charge in [0.25, 0.3) is 0 Å². The van der Waals surface area contributed by atoms with E-state index in [9.17, 15) is 4.79 Å². The number of nitrogens with zero attached hydrogens (tertiary/aromatic N) is 2. The van der Waals surface area contributed by atoms with Gasteiger partial charge in [-0.25, -0.2) is 0 Å². The second kappa shape index (κ2) is 5.35. The number of carbonyl (C=O) groups excluding carboxylic acids is 1. The van der Waals surface area contributed by atoms with Crippen molar-refractivity contribution in [2.24, 2.45) is 28.2 Å². The highest BCUT2D eigenvalue weighted by molar-refractivity contribution is 6.07. The Bertz CT molecular complexity index is 382. The van der Waals surface area contributed by atoms with Gasteiger partial charge in [0.1, 0.15) is 5.78 Å². The number of likely N-dealkylation sites (N-methyl/N-ethyl adjacent to an activating group) is 1. The number of rotatable bonds is 6. The predicted molar refractivity (Wildman–Crippen MR) is 79.6 cm³/mol. The topological polar surface area (TPSA) is 32.7 Å². The largest absolute Gasteiger partial charge is 0.302 e. The summed E-state index contributed by atoms with van der Waals surface area (Å²) in [5.74, 6) is 1.74. The van der Waals surface area contributed by atoms with Crippen molar-refractivity contribution < 1.29 is 4.79 Å². The lowest BCUT2D eigenvalue weighted by atomic mass is 9.89. The Morgan fingerprint density at radius 2 is 2.00 bits per heavy atom. The molecular formula is C16H28N2O. The quantitative estimate of drug-likeness (QED) is 0.691. The van der Waals surface area contributed by atoms with E-state index in [-0.39, 0.29) is 5.92 Å². The van der Waals surface area contributed by atoms with Crippen molar-refractivity contribution in [1.82, 2.24) is 4.90 Å². The van der Waals surface area contributed by atoms with Gasteiger partial charge in [0.15, 0.2) is 0 Å². The lowest BCUT2D eigenvalue weighted by molar-refractivity contribution is -0.120. The summed E-state index contributed by atoms with van der Waals surface area (Å²) >= 11 is 0. The Balaban J connectivity index is 1.92. The van der Waals surface area contributed by atoms with E-state index in [0.717, 1.165) is 38.3 Å². The molecule has 0 spiro atoms. The van der Waals surface area contributed by atoms with Crippen LogP contribution < -0.4 is 0 Å².